The largest absolute Gasteiger partial charge is 0.504 e. The third kappa shape index (κ3) is 1.94. The molecule has 4 heteroatoms. The lowest BCUT2D eigenvalue weighted by Gasteiger charge is -1.97. The summed E-state index contributed by atoms with van der Waals surface area (Å²) >= 11 is 0. The molecule has 0 amide bonds. The van der Waals surface area contributed by atoms with E-state index in [1.54, 1.807) is 0 Å². The zero-order chi connectivity index (χ0) is 9.84. The van der Waals surface area contributed by atoms with Gasteiger partial charge >= 0.3 is 0 Å². The number of nitriles is 1. The van der Waals surface area contributed by atoms with Crippen molar-refractivity contribution >= 4 is 0 Å². The zero-order valence-electron chi connectivity index (χ0n) is 6.31. The fraction of sp³-hybridized carbons (Fsp3) is 0. The number of hydrogen-bond donors (Lipinski definition) is 1. The van der Waals surface area contributed by atoms with E-state index in [9.17, 15) is 8.78 Å². The van der Waals surface area contributed by atoms with Gasteiger partial charge in [-0.25, -0.2) is 8.78 Å². The Kier molecular flexibility index (Phi) is 2.47. The zero-order valence-corrected chi connectivity index (χ0v) is 6.31. The highest BCUT2D eigenvalue weighted by Gasteiger charge is 2.07. The molecule has 0 bridgehead atoms. The fourth-order valence-electron chi connectivity index (χ4n) is 0.757. The third-order valence-electron chi connectivity index (χ3n) is 1.28. The van der Waals surface area contributed by atoms with Crippen LogP contribution in [0, 0.1) is 34.8 Å². The van der Waals surface area contributed by atoms with Crippen molar-refractivity contribution in [1.82, 2.24) is 0 Å². The van der Waals surface area contributed by atoms with Gasteiger partial charge in [-0.3, -0.25) is 0 Å². The molecule has 0 spiro atoms. The first kappa shape index (κ1) is 9.02. The maximum absolute atomic E-state index is 12.6. The van der Waals surface area contributed by atoms with Gasteiger partial charge in [-0.05, 0) is 12.0 Å². The molecular formula is C9H3F2NO. The van der Waals surface area contributed by atoms with Gasteiger partial charge in [-0.15, -0.1) is 0 Å². The Morgan fingerprint density at radius 2 is 2.00 bits per heavy atom. The molecule has 0 radical (unpaired) electrons. The number of aromatic hydroxyl groups is 1. The van der Waals surface area contributed by atoms with Gasteiger partial charge in [0.2, 0.25) is 0 Å². The lowest BCUT2D eigenvalue weighted by Crippen LogP contribution is -1.85. The van der Waals surface area contributed by atoms with E-state index in [0.717, 1.165) is 6.07 Å². The molecule has 1 aromatic rings. The van der Waals surface area contributed by atoms with Crippen LogP contribution in [0.5, 0.6) is 5.75 Å². The van der Waals surface area contributed by atoms with Crippen LogP contribution >= 0.6 is 0 Å². The summed E-state index contributed by atoms with van der Waals surface area (Å²) in [4.78, 5) is 0. The van der Waals surface area contributed by atoms with E-state index >= 15 is 0 Å². The second-order valence-electron chi connectivity index (χ2n) is 2.15. The average Bonchev–Trinajstić information content (AvgIpc) is 2.09. The summed E-state index contributed by atoms with van der Waals surface area (Å²) in [7, 11) is 0. The molecule has 0 saturated heterocycles. The van der Waals surface area contributed by atoms with Crippen LogP contribution in [-0.4, -0.2) is 5.11 Å². The van der Waals surface area contributed by atoms with Crippen molar-refractivity contribution in [3.63, 3.8) is 0 Å². The van der Waals surface area contributed by atoms with Gasteiger partial charge < -0.3 is 5.11 Å². The Balaban J connectivity index is 3.30. The highest BCUT2D eigenvalue weighted by Crippen LogP contribution is 2.21. The normalized spacial score (nSPS) is 8.38. The van der Waals surface area contributed by atoms with Crippen molar-refractivity contribution in [2.75, 3.05) is 0 Å². The molecule has 1 N–H and O–H groups in total. The molecule has 0 aliphatic rings. The number of phenols is 1. The second-order valence-corrected chi connectivity index (χ2v) is 2.15. The molecule has 0 unspecified atom stereocenters. The van der Waals surface area contributed by atoms with Crippen molar-refractivity contribution in [2.24, 2.45) is 0 Å². The lowest BCUT2D eigenvalue weighted by atomic mass is 10.2. The highest BCUT2D eigenvalue weighted by atomic mass is 19.1. The van der Waals surface area contributed by atoms with Crippen molar-refractivity contribution in [1.29, 1.82) is 5.26 Å². The van der Waals surface area contributed by atoms with Crippen LogP contribution < -0.4 is 0 Å². The molecule has 0 aromatic heterocycles. The quantitative estimate of drug-likeness (QED) is 0.614. The molecule has 13 heavy (non-hydrogen) atoms. The van der Waals surface area contributed by atoms with Gasteiger partial charge in [-0.2, -0.15) is 5.26 Å². The number of hydrogen-bond acceptors (Lipinski definition) is 2. The van der Waals surface area contributed by atoms with Gasteiger partial charge in [0.05, 0.1) is 5.56 Å². The lowest BCUT2D eigenvalue weighted by molar-refractivity contribution is 0.426. The van der Waals surface area contributed by atoms with E-state index in [4.69, 9.17) is 10.4 Å². The molecule has 0 fully saturated rings. The topological polar surface area (TPSA) is 44.0 Å². The number of rotatable bonds is 0. The Hall–Kier alpha value is -2.07. The van der Waals surface area contributed by atoms with Crippen molar-refractivity contribution in [2.45, 2.75) is 0 Å². The maximum atomic E-state index is 12.6. The molecular weight excluding hydrogens is 176 g/mol. The predicted octanol–water partition coefficient (Wildman–Crippen LogP) is 1.55. The van der Waals surface area contributed by atoms with E-state index in [2.05, 4.69) is 5.92 Å². The molecule has 0 aliphatic carbocycles. The van der Waals surface area contributed by atoms with E-state index in [1.807, 2.05) is 5.92 Å². The first-order valence-electron chi connectivity index (χ1n) is 3.23. The summed E-state index contributed by atoms with van der Waals surface area (Å²) in [6.45, 7) is 0. The van der Waals surface area contributed by atoms with Crippen molar-refractivity contribution in [3.05, 3.63) is 29.3 Å². The van der Waals surface area contributed by atoms with Gasteiger partial charge in [-0.1, -0.05) is 0 Å². The fourth-order valence-corrected chi connectivity index (χ4v) is 0.757. The Labute approximate surface area is 73.0 Å². The first-order chi connectivity index (χ1) is 6.15. The van der Waals surface area contributed by atoms with Gasteiger partial charge in [0.25, 0.3) is 0 Å². The molecule has 0 atom stereocenters. The smallest absolute Gasteiger partial charge is 0.169 e. The molecule has 1 aromatic carbocycles. The van der Waals surface area contributed by atoms with Gasteiger partial charge in [0.15, 0.2) is 17.6 Å². The van der Waals surface area contributed by atoms with Gasteiger partial charge in [0, 0.05) is 12.0 Å². The minimum absolute atomic E-state index is 0.237. The summed E-state index contributed by atoms with van der Waals surface area (Å²) in [5.74, 6) is 1.33. The van der Waals surface area contributed by atoms with Crippen LogP contribution in [0.4, 0.5) is 8.78 Å². The standard InChI is InChI=1S/C9H3F2NO/c10-7-4-6(2-1-3-12)9(13)8(11)5-7/h4-5,13H. The SMILES string of the molecule is N#CC#Cc1cc(F)cc(F)c1O. The number of phenolic OH excluding ortho intramolecular Hbond substituents is 1. The molecule has 0 saturated carbocycles. The van der Waals surface area contributed by atoms with Crippen molar-refractivity contribution < 1.29 is 13.9 Å². The van der Waals surface area contributed by atoms with Crippen LogP contribution in [0.15, 0.2) is 12.1 Å². The first-order valence-corrected chi connectivity index (χ1v) is 3.23. The van der Waals surface area contributed by atoms with E-state index in [0.29, 0.717) is 6.07 Å². The molecule has 0 aliphatic heterocycles. The molecule has 0 heterocycles. The van der Waals surface area contributed by atoms with Crippen molar-refractivity contribution in [3.8, 4) is 23.7 Å². The Bertz CT molecular complexity index is 437. The number of halogens is 2. The third-order valence-corrected chi connectivity index (χ3v) is 1.28. The summed E-state index contributed by atoms with van der Waals surface area (Å²) in [5, 5.41) is 17.1. The van der Waals surface area contributed by atoms with Gasteiger partial charge in [0.1, 0.15) is 5.82 Å². The van der Waals surface area contributed by atoms with Crippen LogP contribution in [0.1, 0.15) is 5.56 Å². The summed E-state index contributed by atoms with van der Waals surface area (Å²) in [6.07, 6.45) is 0. The van der Waals surface area contributed by atoms with Crippen LogP contribution in [0.25, 0.3) is 0 Å². The minimum Gasteiger partial charge on any atom is -0.504 e. The van der Waals surface area contributed by atoms with Crippen LogP contribution in [0.2, 0.25) is 0 Å². The number of benzene rings is 1. The predicted molar refractivity (Wildman–Crippen MR) is 40.5 cm³/mol. The molecule has 1 rings (SSSR count). The summed E-state index contributed by atoms with van der Waals surface area (Å²) < 4.78 is 25.2. The number of nitrogens with zero attached hydrogens (tertiary/aromatic N) is 1. The Morgan fingerprint density at radius 3 is 2.62 bits per heavy atom. The monoisotopic (exact) mass is 179 g/mol. The molecule has 2 nitrogen and oxygen atoms in total. The minimum atomic E-state index is -1.10. The van der Waals surface area contributed by atoms with Crippen LogP contribution in [0.3, 0.4) is 0 Å². The highest BCUT2D eigenvalue weighted by molar-refractivity contribution is 5.47. The van der Waals surface area contributed by atoms with E-state index in [-0.39, 0.29) is 5.56 Å². The Morgan fingerprint density at radius 1 is 1.31 bits per heavy atom. The maximum Gasteiger partial charge on any atom is 0.169 e. The summed E-state index contributed by atoms with van der Waals surface area (Å²) in [5.41, 5.74) is -0.237. The average molecular weight is 179 g/mol. The second kappa shape index (κ2) is 3.55. The van der Waals surface area contributed by atoms with Crippen LogP contribution in [-0.2, 0) is 0 Å². The van der Waals surface area contributed by atoms with E-state index in [1.165, 1.54) is 6.07 Å². The molecule has 64 valence electrons. The summed E-state index contributed by atoms with van der Waals surface area (Å²) in [6, 6.07) is 2.85. The van der Waals surface area contributed by atoms with E-state index < -0.39 is 17.4 Å².